The van der Waals surface area contributed by atoms with E-state index in [4.69, 9.17) is 14.5 Å². The van der Waals surface area contributed by atoms with Crippen molar-refractivity contribution in [1.82, 2.24) is 20.1 Å². The summed E-state index contributed by atoms with van der Waals surface area (Å²) in [6.45, 7) is 7.32. The number of allylic oxidation sites excluding steroid dienone is 1. The Kier molecular flexibility index (Phi) is 8.73. The van der Waals surface area contributed by atoms with E-state index in [-0.39, 0.29) is 18.2 Å². The zero-order valence-corrected chi connectivity index (χ0v) is 23.2. The van der Waals surface area contributed by atoms with Gasteiger partial charge in [-0.2, -0.15) is 0 Å². The number of hydrogen-bond acceptors (Lipinski definition) is 8. The van der Waals surface area contributed by atoms with Crippen LogP contribution in [0, 0.1) is 0 Å². The van der Waals surface area contributed by atoms with Crippen LogP contribution in [0.5, 0.6) is 11.5 Å². The highest BCUT2D eigenvalue weighted by Crippen LogP contribution is 2.47. The molecule has 0 fully saturated rings. The predicted molar refractivity (Wildman–Crippen MR) is 149 cm³/mol. The van der Waals surface area contributed by atoms with E-state index in [1.165, 1.54) is 11.8 Å². The second-order valence-corrected chi connectivity index (χ2v) is 9.62. The van der Waals surface area contributed by atoms with Crippen LogP contribution in [0.4, 0.5) is 0 Å². The second-order valence-electron chi connectivity index (χ2n) is 8.79. The number of carbonyl (C=O) groups is 2. The Labute approximate surface area is 227 Å². The van der Waals surface area contributed by atoms with Crippen molar-refractivity contribution in [3.63, 3.8) is 0 Å². The summed E-state index contributed by atoms with van der Waals surface area (Å²) in [6, 6.07) is 8.73. The van der Waals surface area contributed by atoms with Gasteiger partial charge in [0.25, 0.3) is 5.91 Å². The molecule has 0 bridgehead atoms. The molecular formula is C28H33N5O4S. The Morgan fingerprint density at radius 3 is 2.50 bits per heavy atom. The van der Waals surface area contributed by atoms with E-state index >= 15 is 0 Å². The van der Waals surface area contributed by atoms with Gasteiger partial charge in [-0.05, 0) is 62.1 Å². The molecule has 2 aliphatic rings. The Balaban J connectivity index is 1.72. The average molecular weight is 536 g/mol. The number of thioether (sulfide) groups is 1. The van der Waals surface area contributed by atoms with Crippen LogP contribution >= 0.6 is 11.8 Å². The van der Waals surface area contributed by atoms with E-state index in [0.29, 0.717) is 47.6 Å². The molecule has 1 aromatic carbocycles. The molecule has 9 nitrogen and oxygen atoms in total. The Morgan fingerprint density at radius 2 is 1.84 bits per heavy atom. The molecule has 2 amide bonds. The normalized spacial score (nSPS) is 16.4. The maximum Gasteiger partial charge on any atom is 0.254 e. The zero-order valence-electron chi connectivity index (χ0n) is 22.4. The van der Waals surface area contributed by atoms with Gasteiger partial charge in [-0.3, -0.25) is 14.6 Å². The van der Waals surface area contributed by atoms with E-state index in [2.05, 4.69) is 10.3 Å². The molecule has 3 heterocycles. The van der Waals surface area contributed by atoms with Gasteiger partial charge in [0.1, 0.15) is 11.5 Å². The fourth-order valence-electron chi connectivity index (χ4n) is 4.60. The third-order valence-electron chi connectivity index (χ3n) is 6.59. The summed E-state index contributed by atoms with van der Waals surface area (Å²) in [4.78, 5) is 39.5. The van der Waals surface area contributed by atoms with E-state index in [1.807, 2.05) is 61.4 Å². The number of pyridine rings is 1. The molecule has 0 saturated heterocycles. The lowest BCUT2D eigenvalue weighted by atomic mass is 9.91. The molecular weight excluding hydrogens is 502 g/mol. The number of likely N-dealkylation sites (N-methyl/N-ethyl adjacent to an activating group) is 1. The van der Waals surface area contributed by atoms with Gasteiger partial charge in [-0.1, -0.05) is 11.8 Å². The number of fused-ring (bicyclic) bond motifs is 1. The smallest absolute Gasteiger partial charge is 0.254 e. The maximum atomic E-state index is 13.9. The molecule has 0 aliphatic carbocycles. The van der Waals surface area contributed by atoms with Crippen LogP contribution in [0.1, 0.15) is 44.4 Å². The van der Waals surface area contributed by atoms with Crippen molar-refractivity contribution in [2.75, 3.05) is 27.3 Å². The number of benzene rings is 1. The molecule has 2 aromatic rings. The highest BCUT2D eigenvalue weighted by Gasteiger charge is 2.42. The SMILES string of the molecule is CCN(CC)C(=O)C1=C(C)N=C2SC=C(CC(=O)NCc3ccncc3)N2[C@@H]1c1cc(OC)ccc1OC. The topological polar surface area (TPSA) is 96.4 Å². The van der Waals surface area contributed by atoms with Gasteiger partial charge in [-0.15, -0.1) is 0 Å². The number of carbonyl (C=O) groups excluding carboxylic acids is 2. The van der Waals surface area contributed by atoms with Crippen molar-refractivity contribution in [2.24, 2.45) is 4.99 Å². The first-order valence-corrected chi connectivity index (χ1v) is 13.4. The van der Waals surface area contributed by atoms with E-state index in [9.17, 15) is 9.59 Å². The minimum Gasteiger partial charge on any atom is -0.497 e. The van der Waals surface area contributed by atoms with Crippen LogP contribution in [0.3, 0.4) is 0 Å². The number of nitrogens with zero attached hydrogens (tertiary/aromatic N) is 4. The summed E-state index contributed by atoms with van der Waals surface area (Å²) in [5.41, 5.74) is 3.68. The first-order valence-electron chi connectivity index (χ1n) is 12.5. The number of amides is 2. The van der Waals surface area contributed by atoms with Crippen molar-refractivity contribution < 1.29 is 19.1 Å². The minimum absolute atomic E-state index is 0.0939. The minimum atomic E-state index is -0.546. The van der Waals surface area contributed by atoms with Gasteiger partial charge in [0.05, 0.1) is 38.0 Å². The highest BCUT2D eigenvalue weighted by atomic mass is 32.2. The lowest BCUT2D eigenvalue weighted by Crippen LogP contribution is -2.42. The number of hydrogen-bond donors (Lipinski definition) is 1. The predicted octanol–water partition coefficient (Wildman–Crippen LogP) is 4.25. The quantitative estimate of drug-likeness (QED) is 0.486. The molecule has 4 rings (SSSR count). The summed E-state index contributed by atoms with van der Waals surface area (Å²) < 4.78 is 11.3. The first-order chi connectivity index (χ1) is 18.4. The molecule has 1 aromatic heterocycles. The molecule has 0 saturated carbocycles. The molecule has 0 radical (unpaired) electrons. The number of aromatic nitrogens is 1. The number of methoxy groups -OCH3 is 2. The van der Waals surface area contributed by atoms with Crippen molar-refractivity contribution in [3.8, 4) is 11.5 Å². The fraction of sp³-hybridized carbons (Fsp3) is 0.357. The molecule has 10 heteroatoms. The van der Waals surface area contributed by atoms with Crippen molar-refractivity contribution in [3.05, 3.63) is 76.2 Å². The molecule has 38 heavy (non-hydrogen) atoms. The van der Waals surface area contributed by atoms with Gasteiger partial charge in [-0.25, -0.2) is 4.99 Å². The molecule has 0 spiro atoms. The molecule has 200 valence electrons. The molecule has 1 N–H and O–H groups in total. The van der Waals surface area contributed by atoms with E-state index < -0.39 is 6.04 Å². The standard InChI is InChI=1S/C28H33N5O4S/c1-6-32(7-2)27(35)25-18(3)31-28-33(26(25)22-15-21(36-4)8-9-23(22)37-5)20(17-38-28)14-24(34)30-16-19-10-12-29-13-11-19/h8-13,15,17,26H,6-7,14,16H2,1-5H3,(H,30,34)/t26-/m1/s1. The number of nitrogens with one attached hydrogen (secondary N) is 1. The van der Waals surface area contributed by atoms with Gasteiger partial charge in [0.2, 0.25) is 5.91 Å². The second kappa shape index (κ2) is 12.2. The van der Waals surface area contributed by atoms with Crippen LogP contribution in [0.2, 0.25) is 0 Å². The lowest BCUT2D eigenvalue weighted by Gasteiger charge is -2.38. The van der Waals surface area contributed by atoms with Gasteiger partial charge < -0.3 is 24.6 Å². The summed E-state index contributed by atoms with van der Waals surface area (Å²) in [7, 11) is 3.21. The third kappa shape index (κ3) is 5.55. The van der Waals surface area contributed by atoms with Gasteiger partial charge in [0.15, 0.2) is 5.17 Å². The zero-order chi connectivity index (χ0) is 27.2. The average Bonchev–Trinajstić information content (AvgIpc) is 3.33. The van der Waals surface area contributed by atoms with Crippen LogP contribution in [0.25, 0.3) is 0 Å². The monoisotopic (exact) mass is 535 g/mol. The Hall–Kier alpha value is -3.79. The number of amidine groups is 1. The van der Waals surface area contributed by atoms with Crippen LogP contribution in [0.15, 0.2) is 70.1 Å². The third-order valence-corrected chi connectivity index (χ3v) is 7.48. The van der Waals surface area contributed by atoms with Crippen molar-refractivity contribution in [1.29, 1.82) is 0 Å². The lowest BCUT2D eigenvalue weighted by molar-refractivity contribution is -0.127. The van der Waals surface area contributed by atoms with E-state index in [1.54, 1.807) is 31.5 Å². The molecule has 2 aliphatic heterocycles. The summed E-state index contributed by atoms with van der Waals surface area (Å²) >= 11 is 1.44. The summed E-state index contributed by atoms with van der Waals surface area (Å²) in [5, 5.41) is 5.63. The molecule has 0 unspecified atom stereocenters. The van der Waals surface area contributed by atoms with Crippen LogP contribution < -0.4 is 14.8 Å². The van der Waals surface area contributed by atoms with Crippen molar-refractivity contribution >= 4 is 28.7 Å². The maximum absolute atomic E-state index is 13.9. The van der Waals surface area contributed by atoms with Gasteiger partial charge >= 0.3 is 0 Å². The van der Waals surface area contributed by atoms with Crippen LogP contribution in [-0.4, -0.2) is 59.1 Å². The number of aliphatic imine (C=N–C) groups is 1. The van der Waals surface area contributed by atoms with Crippen molar-refractivity contribution in [2.45, 2.75) is 39.8 Å². The largest absolute Gasteiger partial charge is 0.497 e. The number of rotatable bonds is 10. The number of ether oxygens (including phenoxy) is 2. The highest BCUT2D eigenvalue weighted by molar-refractivity contribution is 8.16. The van der Waals surface area contributed by atoms with Gasteiger partial charge in [0, 0.05) is 43.3 Å². The Morgan fingerprint density at radius 1 is 1.11 bits per heavy atom. The summed E-state index contributed by atoms with van der Waals surface area (Å²) in [6.07, 6.45) is 3.53. The Bertz CT molecular complexity index is 1290. The van der Waals surface area contributed by atoms with E-state index in [0.717, 1.165) is 16.8 Å². The fourth-order valence-corrected chi connectivity index (χ4v) is 5.56. The first kappa shape index (κ1) is 27.3. The van der Waals surface area contributed by atoms with Crippen LogP contribution in [-0.2, 0) is 16.1 Å². The molecule has 1 atom stereocenters. The summed E-state index contributed by atoms with van der Waals surface area (Å²) in [5.74, 6) is 1.04.